The van der Waals surface area contributed by atoms with Gasteiger partial charge < -0.3 is 0 Å². The van der Waals surface area contributed by atoms with Crippen molar-refractivity contribution in [2.24, 2.45) is 4.99 Å². The first-order valence-corrected chi connectivity index (χ1v) is 8.37. The normalized spacial score (nSPS) is 14.0. The lowest BCUT2D eigenvalue weighted by molar-refractivity contribution is -0.126. The molecule has 0 bridgehead atoms. The quantitative estimate of drug-likeness (QED) is 0.867. The van der Waals surface area contributed by atoms with Gasteiger partial charge in [0.15, 0.2) is 5.17 Å². The predicted molar refractivity (Wildman–Crippen MR) is 91.9 cm³/mol. The summed E-state index contributed by atoms with van der Waals surface area (Å²) in [4.78, 5) is 18.8. The minimum atomic E-state index is 0.128. The number of nitrogens with zero attached hydrogens (tertiary/aromatic N) is 2. The van der Waals surface area contributed by atoms with Crippen molar-refractivity contribution < 1.29 is 4.79 Å². The first-order chi connectivity index (χ1) is 10.8. The number of hydrogen-bond acceptors (Lipinski definition) is 3. The van der Waals surface area contributed by atoms with Crippen LogP contribution in [0.4, 0.5) is 0 Å². The van der Waals surface area contributed by atoms with E-state index < -0.39 is 0 Å². The molecule has 1 amide bonds. The predicted octanol–water partition coefficient (Wildman–Crippen LogP) is 3.36. The Morgan fingerprint density at radius 2 is 1.64 bits per heavy atom. The van der Waals surface area contributed by atoms with Crippen molar-refractivity contribution in [2.45, 2.75) is 12.2 Å². The van der Waals surface area contributed by atoms with Crippen molar-refractivity contribution in [3.05, 3.63) is 71.8 Å². The van der Waals surface area contributed by atoms with E-state index in [1.807, 2.05) is 53.4 Å². The summed E-state index contributed by atoms with van der Waals surface area (Å²) in [6, 6.07) is 20.1. The molecule has 0 unspecified atom stereocenters. The summed E-state index contributed by atoms with van der Waals surface area (Å²) >= 11 is 1.64. The minimum absolute atomic E-state index is 0.128. The fourth-order valence-electron chi connectivity index (χ4n) is 2.37. The first-order valence-electron chi connectivity index (χ1n) is 7.38. The van der Waals surface area contributed by atoms with Crippen LogP contribution in [0.25, 0.3) is 0 Å². The average molecular weight is 310 g/mol. The van der Waals surface area contributed by atoms with E-state index in [0.717, 1.165) is 16.5 Å². The van der Waals surface area contributed by atoms with E-state index >= 15 is 0 Å². The standard InChI is InChI=1S/C18H18N2OS/c21-17(13-15-7-3-1-4-8-15)20-12-11-19-18(20)22-14-16-9-5-2-6-10-16/h1-10H,11-14H2. The molecule has 3 rings (SSSR count). The van der Waals surface area contributed by atoms with Gasteiger partial charge in [-0.05, 0) is 11.1 Å². The van der Waals surface area contributed by atoms with E-state index in [2.05, 4.69) is 17.1 Å². The number of amides is 1. The van der Waals surface area contributed by atoms with Gasteiger partial charge in [-0.3, -0.25) is 14.7 Å². The Morgan fingerprint density at radius 1 is 1.00 bits per heavy atom. The van der Waals surface area contributed by atoms with Crippen molar-refractivity contribution in [3.8, 4) is 0 Å². The monoisotopic (exact) mass is 310 g/mol. The Bertz CT molecular complexity index is 655. The molecule has 0 fully saturated rings. The molecule has 0 atom stereocenters. The molecule has 3 nitrogen and oxygen atoms in total. The summed E-state index contributed by atoms with van der Waals surface area (Å²) < 4.78 is 0. The molecule has 2 aromatic carbocycles. The zero-order valence-electron chi connectivity index (χ0n) is 12.3. The van der Waals surface area contributed by atoms with Crippen molar-refractivity contribution in [1.29, 1.82) is 0 Å². The molecule has 0 saturated heterocycles. The van der Waals surface area contributed by atoms with Crippen LogP contribution in [-0.4, -0.2) is 29.1 Å². The van der Waals surface area contributed by atoms with Crippen LogP contribution in [0.15, 0.2) is 65.7 Å². The number of thioether (sulfide) groups is 1. The number of aliphatic imine (C=N–C) groups is 1. The lowest BCUT2D eigenvalue weighted by Gasteiger charge is -2.18. The largest absolute Gasteiger partial charge is 0.289 e. The van der Waals surface area contributed by atoms with Crippen LogP contribution in [0, 0.1) is 0 Å². The van der Waals surface area contributed by atoms with Crippen LogP contribution in [0.5, 0.6) is 0 Å². The molecule has 1 aliphatic heterocycles. The molecule has 0 radical (unpaired) electrons. The molecule has 4 heteroatoms. The lowest BCUT2D eigenvalue weighted by atomic mass is 10.1. The fraction of sp³-hybridized carbons (Fsp3) is 0.222. The Balaban J connectivity index is 1.59. The Kier molecular flexibility index (Phi) is 4.91. The maximum absolute atomic E-state index is 12.5. The molecule has 0 aromatic heterocycles. The van der Waals surface area contributed by atoms with Gasteiger partial charge in [0.1, 0.15) is 0 Å². The summed E-state index contributed by atoms with van der Waals surface area (Å²) in [6.45, 7) is 1.40. The van der Waals surface area contributed by atoms with Gasteiger partial charge in [0, 0.05) is 12.3 Å². The minimum Gasteiger partial charge on any atom is -0.289 e. The van der Waals surface area contributed by atoms with E-state index in [9.17, 15) is 4.79 Å². The van der Waals surface area contributed by atoms with Crippen LogP contribution < -0.4 is 0 Å². The number of amidine groups is 1. The molecule has 0 spiro atoms. The highest BCUT2D eigenvalue weighted by Gasteiger charge is 2.23. The summed E-state index contributed by atoms with van der Waals surface area (Å²) in [6.07, 6.45) is 0.436. The molecule has 1 heterocycles. The van der Waals surface area contributed by atoms with E-state index in [1.54, 1.807) is 11.8 Å². The van der Waals surface area contributed by atoms with Gasteiger partial charge in [0.2, 0.25) is 5.91 Å². The highest BCUT2D eigenvalue weighted by atomic mass is 32.2. The van der Waals surface area contributed by atoms with E-state index in [4.69, 9.17) is 0 Å². The van der Waals surface area contributed by atoms with Crippen molar-refractivity contribution in [3.63, 3.8) is 0 Å². The number of carbonyl (C=O) groups is 1. The number of benzene rings is 2. The number of carbonyl (C=O) groups excluding carboxylic acids is 1. The van der Waals surface area contributed by atoms with E-state index in [0.29, 0.717) is 19.5 Å². The topological polar surface area (TPSA) is 32.7 Å². The van der Waals surface area contributed by atoms with Crippen LogP contribution in [0.3, 0.4) is 0 Å². The van der Waals surface area contributed by atoms with E-state index in [1.165, 1.54) is 5.56 Å². The van der Waals surface area contributed by atoms with Crippen LogP contribution in [0.1, 0.15) is 11.1 Å². The molecule has 2 aromatic rings. The van der Waals surface area contributed by atoms with Crippen LogP contribution in [0.2, 0.25) is 0 Å². The van der Waals surface area contributed by atoms with Crippen LogP contribution in [-0.2, 0) is 17.0 Å². The second kappa shape index (κ2) is 7.27. The summed E-state index contributed by atoms with van der Waals surface area (Å²) in [7, 11) is 0. The Morgan fingerprint density at radius 3 is 2.32 bits per heavy atom. The summed E-state index contributed by atoms with van der Waals surface area (Å²) in [5.41, 5.74) is 2.30. The second-order valence-electron chi connectivity index (χ2n) is 5.15. The second-order valence-corrected chi connectivity index (χ2v) is 6.09. The molecule has 22 heavy (non-hydrogen) atoms. The lowest BCUT2D eigenvalue weighted by Crippen LogP contribution is -2.34. The molecule has 112 valence electrons. The molecule has 0 aliphatic carbocycles. The van der Waals surface area contributed by atoms with Gasteiger partial charge >= 0.3 is 0 Å². The first kappa shape index (κ1) is 14.9. The van der Waals surface area contributed by atoms with Gasteiger partial charge in [0.05, 0.1) is 13.0 Å². The SMILES string of the molecule is O=C(Cc1ccccc1)N1CCN=C1SCc1ccccc1. The van der Waals surface area contributed by atoms with Crippen molar-refractivity contribution >= 4 is 22.8 Å². The number of rotatable bonds is 4. The van der Waals surface area contributed by atoms with Gasteiger partial charge in [-0.1, -0.05) is 72.4 Å². The number of hydrogen-bond donors (Lipinski definition) is 0. The highest BCUT2D eigenvalue weighted by molar-refractivity contribution is 8.13. The van der Waals surface area contributed by atoms with Gasteiger partial charge in [0.25, 0.3) is 0 Å². The third-order valence-electron chi connectivity index (χ3n) is 3.51. The average Bonchev–Trinajstić information content (AvgIpc) is 3.03. The zero-order chi connectivity index (χ0) is 15.2. The maximum Gasteiger partial charge on any atom is 0.233 e. The van der Waals surface area contributed by atoms with Gasteiger partial charge in [-0.15, -0.1) is 0 Å². The third kappa shape index (κ3) is 3.77. The maximum atomic E-state index is 12.5. The van der Waals surface area contributed by atoms with Gasteiger partial charge in [-0.25, -0.2) is 0 Å². The molecular weight excluding hydrogens is 292 g/mol. The molecule has 0 N–H and O–H groups in total. The zero-order valence-corrected chi connectivity index (χ0v) is 13.1. The fourth-order valence-corrected chi connectivity index (χ4v) is 3.39. The molecule has 0 saturated carbocycles. The van der Waals surface area contributed by atoms with Crippen molar-refractivity contribution in [2.75, 3.05) is 13.1 Å². The molecular formula is C18H18N2OS. The smallest absolute Gasteiger partial charge is 0.233 e. The third-order valence-corrected chi connectivity index (χ3v) is 4.60. The van der Waals surface area contributed by atoms with E-state index in [-0.39, 0.29) is 5.91 Å². The van der Waals surface area contributed by atoms with Gasteiger partial charge in [-0.2, -0.15) is 0 Å². The summed E-state index contributed by atoms with van der Waals surface area (Å²) in [5, 5.41) is 0.852. The Hall–Kier alpha value is -2.07. The highest BCUT2D eigenvalue weighted by Crippen LogP contribution is 2.20. The molecule has 1 aliphatic rings. The van der Waals surface area contributed by atoms with Crippen LogP contribution >= 0.6 is 11.8 Å². The van der Waals surface area contributed by atoms with Crippen molar-refractivity contribution in [1.82, 2.24) is 4.90 Å². The Labute approximate surface area is 135 Å². The summed E-state index contributed by atoms with van der Waals surface area (Å²) in [5.74, 6) is 0.970.